The van der Waals surface area contributed by atoms with Crippen LogP contribution in [0.25, 0.3) is 22.5 Å². The molecular formula is C21H16N4O2S. The Bertz CT molecular complexity index is 1090. The average molecular weight is 388 g/mol. The van der Waals surface area contributed by atoms with Crippen LogP contribution >= 0.6 is 11.5 Å². The van der Waals surface area contributed by atoms with Gasteiger partial charge in [0, 0.05) is 17.2 Å². The number of amides is 1. The summed E-state index contributed by atoms with van der Waals surface area (Å²) in [6, 6.07) is 20.8. The van der Waals surface area contributed by atoms with Crippen LogP contribution in [0.4, 0.5) is 5.82 Å². The fraction of sp³-hybridized carbons (Fsp3) is 0.0476. The number of nitrogens with zero attached hydrogens (tertiary/aromatic N) is 3. The van der Waals surface area contributed by atoms with Crippen molar-refractivity contribution in [3.8, 4) is 28.3 Å². The van der Waals surface area contributed by atoms with Crippen molar-refractivity contribution in [2.45, 2.75) is 0 Å². The number of rotatable bonds is 5. The number of methoxy groups -OCH3 is 1. The van der Waals surface area contributed by atoms with Crippen LogP contribution < -0.4 is 10.1 Å². The van der Waals surface area contributed by atoms with Crippen molar-refractivity contribution in [1.29, 1.82) is 0 Å². The molecule has 0 saturated carbocycles. The predicted octanol–water partition coefficient (Wildman–Crippen LogP) is 4.53. The lowest BCUT2D eigenvalue weighted by Gasteiger charge is -2.06. The second-order valence-corrected chi connectivity index (χ2v) is 6.72. The Morgan fingerprint density at radius 2 is 1.68 bits per heavy atom. The molecule has 1 amide bonds. The molecule has 0 fully saturated rings. The SMILES string of the molecule is COc1ccc(-c2cc(NC(=O)c3cc(-c4ccccc4)ns3)ncn2)cc1. The Hall–Kier alpha value is -3.58. The molecule has 2 aromatic heterocycles. The van der Waals surface area contributed by atoms with Crippen LogP contribution in [0.15, 0.2) is 73.1 Å². The highest BCUT2D eigenvalue weighted by molar-refractivity contribution is 7.08. The van der Waals surface area contributed by atoms with Gasteiger partial charge in [-0.15, -0.1) is 0 Å². The fourth-order valence-corrected chi connectivity index (χ4v) is 3.30. The number of ether oxygens (including phenoxy) is 1. The molecule has 0 bridgehead atoms. The van der Waals surface area contributed by atoms with Crippen molar-refractivity contribution < 1.29 is 9.53 Å². The van der Waals surface area contributed by atoms with E-state index in [1.165, 1.54) is 6.33 Å². The van der Waals surface area contributed by atoms with Crippen molar-refractivity contribution >= 4 is 23.3 Å². The zero-order valence-corrected chi connectivity index (χ0v) is 15.8. The number of anilines is 1. The highest BCUT2D eigenvalue weighted by Gasteiger charge is 2.13. The van der Waals surface area contributed by atoms with Crippen molar-refractivity contribution in [3.63, 3.8) is 0 Å². The fourth-order valence-electron chi connectivity index (χ4n) is 2.65. The number of nitrogens with one attached hydrogen (secondary N) is 1. The van der Waals surface area contributed by atoms with Crippen LogP contribution in [0.3, 0.4) is 0 Å². The van der Waals surface area contributed by atoms with Crippen molar-refractivity contribution in [1.82, 2.24) is 14.3 Å². The molecule has 2 aromatic carbocycles. The number of carbonyl (C=O) groups is 1. The third kappa shape index (κ3) is 3.89. The van der Waals surface area contributed by atoms with Gasteiger partial charge in [0.25, 0.3) is 5.91 Å². The lowest BCUT2D eigenvalue weighted by atomic mass is 10.1. The van der Waals surface area contributed by atoms with E-state index in [-0.39, 0.29) is 5.91 Å². The summed E-state index contributed by atoms with van der Waals surface area (Å²) in [5.41, 5.74) is 3.36. The standard InChI is InChI=1S/C21H16N4O2S/c1-27-16-9-7-15(8-10-16)17-12-20(23-13-22-17)24-21(26)19-11-18(25-28-19)14-5-3-2-4-6-14/h2-13H,1H3,(H,22,23,24,26). The molecule has 6 nitrogen and oxygen atoms in total. The average Bonchev–Trinajstić information content (AvgIpc) is 3.25. The number of hydrogen-bond donors (Lipinski definition) is 1. The first-order valence-electron chi connectivity index (χ1n) is 8.53. The van der Waals surface area contributed by atoms with Gasteiger partial charge >= 0.3 is 0 Å². The number of hydrogen-bond acceptors (Lipinski definition) is 6. The molecule has 0 radical (unpaired) electrons. The molecule has 28 heavy (non-hydrogen) atoms. The van der Waals surface area contributed by atoms with Crippen LogP contribution in [0.1, 0.15) is 9.67 Å². The lowest BCUT2D eigenvalue weighted by Crippen LogP contribution is -2.11. The number of aromatic nitrogens is 3. The van der Waals surface area contributed by atoms with Crippen LogP contribution in [-0.4, -0.2) is 27.4 Å². The normalized spacial score (nSPS) is 10.5. The van der Waals surface area contributed by atoms with Gasteiger partial charge in [0.2, 0.25) is 0 Å². The summed E-state index contributed by atoms with van der Waals surface area (Å²) in [5.74, 6) is 0.949. The monoisotopic (exact) mass is 388 g/mol. The molecule has 7 heteroatoms. The molecule has 0 aliphatic heterocycles. The quantitative estimate of drug-likeness (QED) is 0.544. The summed E-state index contributed by atoms with van der Waals surface area (Å²) in [6.07, 6.45) is 1.43. The van der Waals surface area contributed by atoms with Crippen LogP contribution in [0.2, 0.25) is 0 Å². The molecular weight excluding hydrogens is 372 g/mol. The Kier molecular flexibility index (Phi) is 5.07. The minimum Gasteiger partial charge on any atom is -0.497 e. The van der Waals surface area contributed by atoms with E-state index in [0.717, 1.165) is 34.1 Å². The van der Waals surface area contributed by atoms with Gasteiger partial charge in [0.1, 0.15) is 22.8 Å². The minimum absolute atomic E-state index is 0.251. The summed E-state index contributed by atoms with van der Waals surface area (Å²) in [5, 5.41) is 2.81. The van der Waals surface area contributed by atoms with E-state index in [4.69, 9.17) is 4.74 Å². The van der Waals surface area contributed by atoms with Crippen molar-refractivity contribution in [2.24, 2.45) is 0 Å². The molecule has 0 aliphatic carbocycles. The molecule has 0 aliphatic rings. The molecule has 138 valence electrons. The largest absolute Gasteiger partial charge is 0.497 e. The first-order valence-corrected chi connectivity index (χ1v) is 9.30. The Labute approximate surface area is 166 Å². The van der Waals surface area contributed by atoms with E-state index in [2.05, 4.69) is 19.7 Å². The molecule has 0 unspecified atom stereocenters. The van der Waals surface area contributed by atoms with E-state index in [0.29, 0.717) is 16.4 Å². The topological polar surface area (TPSA) is 77.0 Å². The molecule has 4 aromatic rings. The van der Waals surface area contributed by atoms with Gasteiger partial charge in [-0.05, 0) is 41.9 Å². The Balaban J connectivity index is 1.51. The third-order valence-corrected chi connectivity index (χ3v) is 4.89. The van der Waals surface area contributed by atoms with E-state index in [1.54, 1.807) is 19.2 Å². The number of benzene rings is 2. The maximum Gasteiger partial charge on any atom is 0.268 e. The van der Waals surface area contributed by atoms with Crippen LogP contribution in [0.5, 0.6) is 5.75 Å². The second-order valence-electron chi connectivity index (χ2n) is 5.91. The number of carbonyl (C=O) groups excluding carboxylic acids is 1. The summed E-state index contributed by atoms with van der Waals surface area (Å²) in [6.45, 7) is 0. The highest BCUT2D eigenvalue weighted by Crippen LogP contribution is 2.24. The molecule has 4 rings (SSSR count). The first-order chi connectivity index (χ1) is 13.7. The van der Waals surface area contributed by atoms with Gasteiger partial charge in [-0.25, -0.2) is 9.97 Å². The molecule has 2 heterocycles. The maximum absolute atomic E-state index is 12.6. The first kappa shape index (κ1) is 17.8. The van der Waals surface area contributed by atoms with Gasteiger partial charge in [0.15, 0.2) is 0 Å². The van der Waals surface area contributed by atoms with Gasteiger partial charge in [-0.2, -0.15) is 4.37 Å². The van der Waals surface area contributed by atoms with Crippen molar-refractivity contribution in [3.05, 3.63) is 77.9 Å². The van der Waals surface area contributed by atoms with E-state index in [1.807, 2.05) is 54.6 Å². The van der Waals surface area contributed by atoms with E-state index < -0.39 is 0 Å². The summed E-state index contributed by atoms with van der Waals surface area (Å²) in [4.78, 5) is 21.5. The third-order valence-electron chi connectivity index (χ3n) is 4.10. The maximum atomic E-state index is 12.6. The smallest absolute Gasteiger partial charge is 0.268 e. The highest BCUT2D eigenvalue weighted by atomic mass is 32.1. The molecule has 0 atom stereocenters. The van der Waals surface area contributed by atoms with Crippen LogP contribution in [-0.2, 0) is 0 Å². The van der Waals surface area contributed by atoms with Crippen molar-refractivity contribution in [2.75, 3.05) is 12.4 Å². The zero-order valence-electron chi connectivity index (χ0n) is 15.0. The lowest BCUT2D eigenvalue weighted by molar-refractivity contribution is 0.103. The van der Waals surface area contributed by atoms with Gasteiger partial charge in [-0.1, -0.05) is 30.3 Å². The Morgan fingerprint density at radius 3 is 2.43 bits per heavy atom. The predicted molar refractivity (Wildman–Crippen MR) is 110 cm³/mol. The Morgan fingerprint density at radius 1 is 0.929 bits per heavy atom. The van der Waals surface area contributed by atoms with Crippen LogP contribution in [0, 0.1) is 0 Å². The van der Waals surface area contributed by atoms with Gasteiger partial charge in [-0.3, -0.25) is 4.79 Å². The zero-order chi connectivity index (χ0) is 19.3. The van der Waals surface area contributed by atoms with E-state index in [9.17, 15) is 4.79 Å². The molecule has 1 N–H and O–H groups in total. The summed E-state index contributed by atoms with van der Waals surface area (Å²) >= 11 is 1.16. The van der Waals surface area contributed by atoms with E-state index >= 15 is 0 Å². The molecule has 0 spiro atoms. The molecule has 0 saturated heterocycles. The summed E-state index contributed by atoms with van der Waals surface area (Å²) < 4.78 is 9.54. The second kappa shape index (κ2) is 7.98. The van der Waals surface area contributed by atoms with Gasteiger partial charge in [0.05, 0.1) is 18.5 Å². The van der Waals surface area contributed by atoms with Gasteiger partial charge < -0.3 is 10.1 Å². The minimum atomic E-state index is -0.251. The summed E-state index contributed by atoms with van der Waals surface area (Å²) in [7, 11) is 1.62.